The average molecular weight is 278 g/mol. The number of hydrogen-bond donors (Lipinski definition) is 1. The van der Waals surface area contributed by atoms with Gasteiger partial charge in [0.25, 0.3) is 0 Å². The van der Waals surface area contributed by atoms with Gasteiger partial charge in [-0.1, -0.05) is 26.8 Å². The zero-order valence-corrected chi connectivity index (χ0v) is 12.3. The molecule has 4 heteroatoms. The highest BCUT2D eigenvalue weighted by atomic mass is 16.5. The molecule has 1 heterocycles. The van der Waals surface area contributed by atoms with Crippen LogP contribution in [0.25, 0.3) is 0 Å². The second-order valence-corrected chi connectivity index (χ2v) is 4.98. The van der Waals surface area contributed by atoms with Crippen molar-refractivity contribution in [2.24, 2.45) is 5.92 Å². The smallest absolute Gasteiger partial charge is 0.338 e. The van der Waals surface area contributed by atoms with Crippen molar-refractivity contribution in [2.45, 2.75) is 33.6 Å². The number of esters is 1. The van der Waals surface area contributed by atoms with Crippen LogP contribution in [-0.2, 0) is 16.0 Å². The van der Waals surface area contributed by atoms with E-state index in [1.54, 1.807) is 6.07 Å². The third-order valence-electron chi connectivity index (χ3n) is 2.55. The molecular formula is C16H22O4. The summed E-state index contributed by atoms with van der Waals surface area (Å²) < 4.78 is 9.55. The van der Waals surface area contributed by atoms with Crippen LogP contribution in [-0.4, -0.2) is 17.7 Å². The molecule has 0 fully saturated rings. The van der Waals surface area contributed by atoms with E-state index in [2.05, 4.69) is 25.5 Å². The van der Waals surface area contributed by atoms with E-state index in [1.165, 1.54) is 12.3 Å². The molecule has 0 unspecified atom stereocenters. The fourth-order valence-electron chi connectivity index (χ4n) is 1.59. The molecule has 2 rings (SSSR count). The van der Waals surface area contributed by atoms with Crippen LogP contribution in [0, 0.1) is 5.92 Å². The number of rotatable bonds is 5. The highest BCUT2D eigenvalue weighted by molar-refractivity contribution is 5.86. The summed E-state index contributed by atoms with van der Waals surface area (Å²) in [4.78, 5) is 9.59. The maximum Gasteiger partial charge on any atom is 0.338 e. The van der Waals surface area contributed by atoms with Crippen LogP contribution in [0.4, 0.5) is 0 Å². The third kappa shape index (κ3) is 5.78. The number of aromatic hydroxyl groups is 1. The topological polar surface area (TPSA) is 55.8 Å². The van der Waals surface area contributed by atoms with Crippen LogP contribution < -0.4 is 4.74 Å². The third-order valence-corrected chi connectivity index (χ3v) is 2.55. The first kappa shape index (κ1) is 16.1. The van der Waals surface area contributed by atoms with Gasteiger partial charge in [-0.2, -0.15) is 0 Å². The Labute approximate surface area is 120 Å². The van der Waals surface area contributed by atoms with Gasteiger partial charge in [0, 0.05) is 6.07 Å². The maximum absolute atomic E-state index is 9.76. The highest BCUT2D eigenvalue weighted by Gasteiger charge is 2.05. The molecule has 1 N–H and O–H groups in total. The molecule has 0 spiro atoms. The van der Waals surface area contributed by atoms with Gasteiger partial charge in [0.15, 0.2) is 0 Å². The molecule has 4 nitrogen and oxygen atoms in total. The normalized spacial score (nSPS) is 12.3. The molecular weight excluding hydrogens is 256 g/mol. The Morgan fingerprint density at radius 2 is 2.00 bits per heavy atom. The van der Waals surface area contributed by atoms with Crippen molar-refractivity contribution in [3.63, 3.8) is 0 Å². The van der Waals surface area contributed by atoms with E-state index in [-0.39, 0.29) is 5.97 Å². The van der Waals surface area contributed by atoms with Gasteiger partial charge in [-0.3, -0.25) is 0 Å². The lowest BCUT2D eigenvalue weighted by Gasteiger charge is -2.10. The summed E-state index contributed by atoms with van der Waals surface area (Å²) in [6.07, 6.45) is 4.59. The molecule has 1 aliphatic rings. The van der Waals surface area contributed by atoms with Crippen LogP contribution in [0.3, 0.4) is 0 Å². The van der Waals surface area contributed by atoms with E-state index in [0.717, 1.165) is 24.2 Å². The lowest BCUT2D eigenvalue weighted by atomic mass is 10.0. The van der Waals surface area contributed by atoms with Crippen LogP contribution in [0.2, 0.25) is 0 Å². The van der Waals surface area contributed by atoms with E-state index < -0.39 is 0 Å². The first-order valence-corrected chi connectivity index (χ1v) is 6.84. The number of cyclic esters (lactones) is 1. The molecule has 0 amide bonds. The summed E-state index contributed by atoms with van der Waals surface area (Å²) in [5.74, 6) is 1.41. The van der Waals surface area contributed by atoms with Gasteiger partial charge in [-0.25, -0.2) is 4.79 Å². The Hall–Kier alpha value is -1.97. The largest absolute Gasteiger partial charge is 0.508 e. The lowest BCUT2D eigenvalue weighted by molar-refractivity contribution is -0.136. The molecule has 0 aliphatic carbocycles. The van der Waals surface area contributed by atoms with Crippen LogP contribution >= 0.6 is 0 Å². The zero-order valence-electron chi connectivity index (χ0n) is 12.3. The predicted octanol–water partition coefficient (Wildman–Crippen LogP) is 3.44. The fraction of sp³-hybridized carbons (Fsp3) is 0.438. The van der Waals surface area contributed by atoms with E-state index in [4.69, 9.17) is 4.74 Å². The lowest BCUT2D eigenvalue weighted by Crippen LogP contribution is -2.01. The van der Waals surface area contributed by atoms with Crippen molar-refractivity contribution >= 4 is 5.97 Å². The van der Waals surface area contributed by atoms with Gasteiger partial charge in [0.2, 0.25) is 0 Å². The number of ether oxygens (including phenoxy) is 2. The molecule has 110 valence electrons. The van der Waals surface area contributed by atoms with E-state index in [1.807, 2.05) is 12.1 Å². The van der Waals surface area contributed by atoms with Gasteiger partial charge < -0.3 is 14.6 Å². The molecule has 0 saturated carbocycles. The first-order valence-electron chi connectivity index (χ1n) is 6.84. The first-order chi connectivity index (χ1) is 9.52. The fourth-order valence-corrected chi connectivity index (χ4v) is 1.59. The van der Waals surface area contributed by atoms with Crippen LogP contribution in [0.1, 0.15) is 32.8 Å². The summed E-state index contributed by atoms with van der Waals surface area (Å²) in [5.41, 5.74) is 0.994. The summed E-state index contributed by atoms with van der Waals surface area (Å²) in [6.45, 7) is 7.04. The predicted molar refractivity (Wildman–Crippen MR) is 77.7 cm³/mol. The monoisotopic (exact) mass is 278 g/mol. The Morgan fingerprint density at radius 1 is 1.35 bits per heavy atom. The standard InChI is InChI=1S/C13H20O2.C3H2O2/c1-4-7-15-12-6-5-11(8-10(2)3)13(14)9-12;4-3-1-2-5-3/h5-6,9-10,14H,4,7-8H2,1-3H3;1-2H. The van der Waals surface area contributed by atoms with E-state index >= 15 is 0 Å². The molecule has 1 aromatic carbocycles. The van der Waals surface area contributed by atoms with Gasteiger partial charge >= 0.3 is 5.97 Å². The van der Waals surface area contributed by atoms with Crippen molar-refractivity contribution in [3.8, 4) is 11.5 Å². The minimum absolute atomic E-state index is 0.245. The summed E-state index contributed by atoms with van der Waals surface area (Å²) in [5, 5.41) is 9.76. The van der Waals surface area contributed by atoms with Crippen molar-refractivity contribution < 1.29 is 19.4 Å². The van der Waals surface area contributed by atoms with Crippen LogP contribution in [0.5, 0.6) is 11.5 Å². The molecule has 1 aliphatic heterocycles. The number of benzene rings is 1. The van der Waals surface area contributed by atoms with Crippen molar-refractivity contribution in [1.29, 1.82) is 0 Å². The van der Waals surface area contributed by atoms with Crippen LogP contribution in [0.15, 0.2) is 30.5 Å². The van der Waals surface area contributed by atoms with E-state index in [0.29, 0.717) is 18.3 Å². The van der Waals surface area contributed by atoms with E-state index in [9.17, 15) is 9.90 Å². The molecule has 0 aromatic heterocycles. The maximum atomic E-state index is 9.76. The van der Waals surface area contributed by atoms with Crippen molar-refractivity contribution in [1.82, 2.24) is 0 Å². The highest BCUT2D eigenvalue weighted by Crippen LogP contribution is 2.25. The number of phenolic OH excluding ortho intramolecular Hbond substituents is 1. The molecule has 0 radical (unpaired) electrons. The quantitative estimate of drug-likeness (QED) is 0.838. The Kier molecular flexibility index (Phi) is 6.64. The Balaban J connectivity index is 0.000000333. The number of carbonyl (C=O) groups excluding carboxylic acids is 1. The van der Waals surface area contributed by atoms with Crippen molar-refractivity contribution in [2.75, 3.05) is 6.61 Å². The second-order valence-electron chi connectivity index (χ2n) is 4.98. The minimum Gasteiger partial charge on any atom is -0.508 e. The number of hydrogen-bond acceptors (Lipinski definition) is 4. The number of phenols is 1. The summed E-state index contributed by atoms with van der Waals surface area (Å²) >= 11 is 0. The Bertz CT molecular complexity index is 464. The molecule has 0 atom stereocenters. The second kappa shape index (κ2) is 8.25. The minimum atomic E-state index is -0.245. The summed E-state index contributed by atoms with van der Waals surface area (Å²) in [6, 6.07) is 5.57. The van der Waals surface area contributed by atoms with Gasteiger partial charge in [-0.05, 0) is 30.4 Å². The molecule has 1 aromatic rings. The molecule has 0 bridgehead atoms. The molecule has 20 heavy (non-hydrogen) atoms. The van der Waals surface area contributed by atoms with Gasteiger partial charge in [-0.15, -0.1) is 0 Å². The Morgan fingerprint density at radius 3 is 2.40 bits per heavy atom. The summed E-state index contributed by atoms with van der Waals surface area (Å²) in [7, 11) is 0. The SMILES string of the molecule is CCCOc1ccc(CC(C)C)c(O)c1.O=C1C=CO1. The average Bonchev–Trinajstić information content (AvgIpc) is 2.37. The molecule has 0 saturated heterocycles. The van der Waals surface area contributed by atoms with Crippen molar-refractivity contribution in [3.05, 3.63) is 36.1 Å². The zero-order chi connectivity index (χ0) is 15.0. The van der Waals surface area contributed by atoms with Gasteiger partial charge in [0.1, 0.15) is 17.8 Å². The van der Waals surface area contributed by atoms with Gasteiger partial charge in [0.05, 0.1) is 12.7 Å². The number of carbonyl (C=O) groups is 1.